The second kappa shape index (κ2) is 6.38. The molecule has 11 heavy (non-hydrogen) atoms. The Hall–Kier alpha value is -0.340. The van der Waals surface area contributed by atoms with Crippen LogP contribution in [0.2, 0.25) is 0 Å². The summed E-state index contributed by atoms with van der Waals surface area (Å²) in [5.74, 6) is 0. The van der Waals surface area contributed by atoms with Crippen molar-refractivity contribution in [2.45, 2.75) is 26.8 Å². The molecule has 0 aromatic rings. The predicted octanol–water partition coefficient (Wildman–Crippen LogP) is 1.58. The molecule has 0 bridgehead atoms. The highest BCUT2D eigenvalue weighted by Gasteiger charge is 1.91. The van der Waals surface area contributed by atoms with Crippen molar-refractivity contribution in [2.75, 3.05) is 19.8 Å². The monoisotopic (exact) mass is 157 g/mol. The van der Waals surface area contributed by atoms with Gasteiger partial charge < -0.3 is 10.1 Å². The second-order valence-corrected chi connectivity index (χ2v) is 3.12. The maximum atomic E-state index is 5.28. The van der Waals surface area contributed by atoms with Crippen LogP contribution in [0.3, 0.4) is 0 Å². The van der Waals surface area contributed by atoms with Gasteiger partial charge in [0.1, 0.15) is 0 Å². The number of nitrogens with one attached hydrogen (secondary N) is 1. The predicted molar refractivity (Wildman–Crippen MR) is 48.8 cm³/mol. The highest BCUT2D eigenvalue weighted by atomic mass is 16.5. The Balaban J connectivity index is 2.97. The second-order valence-electron chi connectivity index (χ2n) is 3.12. The van der Waals surface area contributed by atoms with Gasteiger partial charge in [0, 0.05) is 12.6 Å². The van der Waals surface area contributed by atoms with Crippen LogP contribution in [0.4, 0.5) is 0 Å². The first-order chi connectivity index (χ1) is 5.13. The molecule has 0 aromatic carbocycles. The quantitative estimate of drug-likeness (QED) is 0.467. The third-order valence-electron chi connectivity index (χ3n) is 1.15. The van der Waals surface area contributed by atoms with Crippen LogP contribution in [0.5, 0.6) is 0 Å². The van der Waals surface area contributed by atoms with Crippen molar-refractivity contribution in [3.05, 3.63) is 12.2 Å². The zero-order valence-electron chi connectivity index (χ0n) is 7.81. The molecule has 0 aliphatic carbocycles. The van der Waals surface area contributed by atoms with Gasteiger partial charge in [-0.1, -0.05) is 26.0 Å². The van der Waals surface area contributed by atoms with Gasteiger partial charge in [0.05, 0.1) is 13.2 Å². The fourth-order valence-corrected chi connectivity index (χ4v) is 0.666. The molecule has 0 saturated carbocycles. The van der Waals surface area contributed by atoms with Crippen LogP contribution in [-0.2, 0) is 4.74 Å². The van der Waals surface area contributed by atoms with Gasteiger partial charge in [-0.3, -0.25) is 0 Å². The largest absolute Gasteiger partial charge is 0.376 e. The molecule has 66 valence electrons. The van der Waals surface area contributed by atoms with Crippen molar-refractivity contribution in [1.82, 2.24) is 5.32 Å². The van der Waals surface area contributed by atoms with Crippen molar-refractivity contribution in [2.24, 2.45) is 0 Å². The summed E-state index contributed by atoms with van der Waals surface area (Å²) in [6.45, 7) is 12.3. The molecule has 0 rings (SSSR count). The zero-order valence-corrected chi connectivity index (χ0v) is 7.81. The molecule has 0 aliphatic rings. The minimum Gasteiger partial charge on any atom is -0.376 e. The molecule has 0 saturated heterocycles. The molecule has 0 aromatic heterocycles. The van der Waals surface area contributed by atoms with Crippen molar-refractivity contribution in [3.8, 4) is 0 Å². The summed E-state index contributed by atoms with van der Waals surface area (Å²) in [7, 11) is 0. The van der Waals surface area contributed by atoms with Gasteiger partial charge in [0.25, 0.3) is 0 Å². The molecular formula is C9H19NO. The van der Waals surface area contributed by atoms with E-state index in [1.165, 1.54) is 0 Å². The zero-order chi connectivity index (χ0) is 8.69. The fourth-order valence-electron chi connectivity index (χ4n) is 0.666. The molecule has 1 N–H and O–H groups in total. The van der Waals surface area contributed by atoms with Crippen LogP contribution < -0.4 is 5.32 Å². The number of hydrogen-bond acceptors (Lipinski definition) is 2. The van der Waals surface area contributed by atoms with Gasteiger partial charge in [-0.2, -0.15) is 0 Å². The first-order valence-electron chi connectivity index (χ1n) is 4.08. The number of ether oxygens (including phenoxy) is 1. The highest BCUT2D eigenvalue weighted by Crippen LogP contribution is 1.86. The Labute approximate surface area is 69.6 Å². The molecule has 0 spiro atoms. The maximum absolute atomic E-state index is 5.28. The average molecular weight is 157 g/mol. The van der Waals surface area contributed by atoms with Gasteiger partial charge in [-0.15, -0.1) is 0 Å². The summed E-state index contributed by atoms with van der Waals surface area (Å²) in [6.07, 6.45) is 0. The summed E-state index contributed by atoms with van der Waals surface area (Å²) >= 11 is 0. The normalized spacial score (nSPS) is 10.5. The number of rotatable bonds is 6. The topological polar surface area (TPSA) is 21.3 Å². The van der Waals surface area contributed by atoms with Crippen LogP contribution in [0.25, 0.3) is 0 Å². The van der Waals surface area contributed by atoms with E-state index in [4.69, 9.17) is 4.74 Å². The standard InChI is InChI=1S/C9H19NO/c1-8(2)7-11-6-5-10-9(3)4/h9-10H,1,5-7H2,2-4H3. The van der Waals surface area contributed by atoms with E-state index in [1.807, 2.05) is 6.92 Å². The molecule has 0 aliphatic heterocycles. The first-order valence-corrected chi connectivity index (χ1v) is 4.08. The Bertz CT molecular complexity index is 110. The Morgan fingerprint density at radius 2 is 2.18 bits per heavy atom. The summed E-state index contributed by atoms with van der Waals surface area (Å²) in [6, 6.07) is 0.545. The van der Waals surface area contributed by atoms with Crippen LogP contribution in [0.1, 0.15) is 20.8 Å². The highest BCUT2D eigenvalue weighted by molar-refractivity contribution is 4.87. The molecule has 0 heterocycles. The van der Waals surface area contributed by atoms with Crippen LogP contribution in [-0.4, -0.2) is 25.8 Å². The molecule has 0 unspecified atom stereocenters. The summed E-state index contributed by atoms with van der Waals surface area (Å²) in [4.78, 5) is 0. The molecule has 0 atom stereocenters. The van der Waals surface area contributed by atoms with E-state index in [0.29, 0.717) is 12.6 Å². The van der Waals surface area contributed by atoms with Gasteiger partial charge in [-0.25, -0.2) is 0 Å². The Morgan fingerprint density at radius 3 is 2.64 bits per heavy atom. The number of hydrogen-bond donors (Lipinski definition) is 1. The van der Waals surface area contributed by atoms with E-state index in [-0.39, 0.29) is 0 Å². The van der Waals surface area contributed by atoms with Crippen LogP contribution >= 0.6 is 0 Å². The Kier molecular flexibility index (Phi) is 6.18. The SMILES string of the molecule is C=C(C)COCCNC(C)C. The van der Waals surface area contributed by atoms with Crippen LogP contribution in [0.15, 0.2) is 12.2 Å². The lowest BCUT2D eigenvalue weighted by atomic mass is 10.4. The summed E-state index contributed by atoms with van der Waals surface area (Å²) in [5, 5.41) is 3.26. The molecule has 0 fully saturated rings. The van der Waals surface area contributed by atoms with Crippen LogP contribution in [0, 0.1) is 0 Å². The van der Waals surface area contributed by atoms with Crippen molar-refractivity contribution < 1.29 is 4.74 Å². The summed E-state index contributed by atoms with van der Waals surface area (Å²) < 4.78 is 5.28. The summed E-state index contributed by atoms with van der Waals surface area (Å²) in [5.41, 5.74) is 1.08. The van der Waals surface area contributed by atoms with Gasteiger partial charge in [0.2, 0.25) is 0 Å². The smallest absolute Gasteiger partial charge is 0.0672 e. The van der Waals surface area contributed by atoms with Gasteiger partial charge >= 0.3 is 0 Å². The van der Waals surface area contributed by atoms with Crippen molar-refractivity contribution in [3.63, 3.8) is 0 Å². The van der Waals surface area contributed by atoms with Gasteiger partial charge in [0.15, 0.2) is 0 Å². The lowest BCUT2D eigenvalue weighted by Crippen LogP contribution is -2.26. The molecule has 0 radical (unpaired) electrons. The minimum absolute atomic E-state index is 0.545. The fraction of sp³-hybridized carbons (Fsp3) is 0.778. The van der Waals surface area contributed by atoms with E-state index in [9.17, 15) is 0 Å². The maximum Gasteiger partial charge on any atom is 0.0672 e. The van der Waals surface area contributed by atoms with E-state index in [1.54, 1.807) is 0 Å². The third kappa shape index (κ3) is 9.66. The first kappa shape index (κ1) is 10.7. The van der Waals surface area contributed by atoms with E-state index < -0.39 is 0 Å². The molecule has 2 heteroatoms. The average Bonchev–Trinajstić information content (AvgIpc) is 1.85. The third-order valence-corrected chi connectivity index (χ3v) is 1.15. The van der Waals surface area contributed by atoms with E-state index >= 15 is 0 Å². The minimum atomic E-state index is 0.545. The lowest BCUT2D eigenvalue weighted by molar-refractivity contribution is 0.156. The molecular weight excluding hydrogens is 138 g/mol. The van der Waals surface area contributed by atoms with Crippen molar-refractivity contribution in [1.29, 1.82) is 0 Å². The van der Waals surface area contributed by atoms with Gasteiger partial charge in [-0.05, 0) is 6.92 Å². The lowest BCUT2D eigenvalue weighted by Gasteiger charge is -2.07. The van der Waals surface area contributed by atoms with E-state index in [2.05, 4.69) is 25.7 Å². The molecule has 2 nitrogen and oxygen atoms in total. The van der Waals surface area contributed by atoms with E-state index in [0.717, 1.165) is 18.7 Å². The Morgan fingerprint density at radius 1 is 1.55 bits per heavy atom. The molecule has 0 amide bonds. The van der Waals surface area contributed by atoms with Crippen molar-refractivity contribution >= 4 is 0 Å².